The molecule has 0 atom stereocenters. The predicted octanol–water partition coefficient (Wildman–Crippen LogP) is 2.81. The lowest BCUT2D eigenvalue weighted by Gasteiger charge is -2.14. The maximum Gasteiger partial charge on any atom is 0.321 e. The van der Waals surface area contributed by atoms with Crippen LogP contribution in [0.4, 0.5) is 21.3 Å². The molecule has 23 heavy (non-hydrogen) atoms. The molecule has 8 heteroatoms. The van der Waals surface area contributed by atoms with E-state index in [2.05, 4.69) is 25.8 Å². The van der Waals surface area contributed by atoms with Crippen LogP contribution in [0.15, 0.2) is 42.0 Å². The Kier molecular flexibility index (Phi) is 3.43. The van der Waals surface area contributed by atoms with Crippen LogP contribution < -0.4 is 15.5 Å². The van der Waals surface area contributed by atoms with Gasteiger partial charge in [-0.25, -0.2) is 9.78 Å². The molecule has 1 aliphatic heterocycles. The van der Waals surface area contributed by atoms with Gasteiger partial charge in [-0.1, -0.05) is 12.1 Å². The van der Waals surface area contributed by atoms with Crippen molar-refractivity contribution in [3.63, 3.8) is 0 Å². The van der Waals surface area contributed by atoms with Crippen molar-refractivity contribution in [2.75, 3.05) is 23.3 Å². The molecule has 7 nitrogen and oxygen atoms in total. The number of rotatable bonds is 4. The van der Waals surface area contributed by atoms with Crippen molar-refractivity contribution in [1.82, 2.24) is 20.5 Å². The molecular weight excluding hydrogens is 312 g/mol. The smallest absolute Gasteiger partial charge is 0.321 e. The second-order valence-electron chi connectivity index (χ2n) is 5.08. The van der Waals surface area contributed by atoms with Crippen molar-refractivity contribution in [2.24, 2.45) is 0 Å². The SMILES string of the molecule is O=C1NCCN1c1ccc(-c2csc(Nc3cn[nH]c3)n2)cc1. The molecule has 1 saturated heterocycles. The number of hydrogen-bond acceptors (Lipinski definition) is 5. The Balaban J connectivity index is 1.52. The largest absolute Gasteiger partial charge is 0.336 e. The Bertz CT molecular complexity index is 811. The normalized spacial score (nSPS) is 14.1. The van der Waals surface area contributed by atoms with Gasteiger partial charge in [0.1, 0.15) is 0 Å². The summed E-state index contributed by atoms with van der Waals surface area (Å²) in [6.07, 6.45) is 3.48. The number of aromatic amines is 1. The minimum absolute atomic E-state index is 0.0435. The van der Waals surface area contributed by atoms with Gasteiger partial charge in [0.05, 0.1) is 17.6 Å². The third kappa shape index (κ3) is 2.76. The molecule has 3 N–H and O–H groups in total. The van der Waals surface area contributed by atoms with Crippen LogP contribution in [-0.2, 0) is 0 Å². The van der Waals surface area contributed by atoms with Crippen molar-refractivity contribution >= 4 is 33.9 Å². The lowest BCUT2D eigenvalue weighted by Crippen LogP contribution is -2.27. The lowest BCUT2D eigenvalue weighted by atomic mass is 10.1. The standard InChI is InChI=1S/C15H14N6OS/c22-15-16-5-6-21(15)12-3-1-10(2-4-12)13-9-23-14(20-13)19-11-7-17-18-8-11/h1-4,7-9H,5-6H2,(H,16,22)(H,17,18)(H,19,20). The fraction of sp³-hybridized carbons (Fsp3) is 0.133. The molecular formula is C15H14N6OS. The van der Waals surface area contributed by atoms with E-state index in [9.17, 15) is 4.79 Å². The monoisotopic (exact) mass is 326 g/mol. The third-order valence-electron chi connectivity index (χ3n) is 3.59. The van der Waals surface area contributed by atoms with Crippen molar-refractivity contribution in [3.05, 3.63) is 42.0 Å². The van der Waals surface area contributed by atoms with Crippen LogP contribution in [-0.4, -0.2) is 34.3 Å². The van der Waals surface area contributed by atoms with Gasteiger partial charge in [0.25, 0.3) is 0 Å². The van der Waals surface area contributed by atoms with E-state index >= 15 is 0 Å². The molecule has 0 bridgehead atoms. The average Bonchev–Trinajstić information content (AvgIpc) is 3.30. The number of anilines is 3. The number of urea groups is 1. The van der Waals surface area contributed by atoms with Gasteiger partial charge in [-0.2, -0.15) is 5.10 Å². The minimum Gasteiger partial charge on any atom is -0.336 e. The van der Waals surface area contributed by atoms with Crippen LogP contribution in [0.5, 0.6) is 0 Å². The minimum atomic E-state index is -0.0435. The van der Waals surface area contributed by atoms with Gasteiger partial charge in [-0.05, 0) is 12.1 Å². The van der Waals surface area contributed by atoms with E-state index in [1.165, 1.54) is 11.3 Å². The predicted molar refractivity (Wildman–Crippen MR) is 90.2 cm³/mol. The first kappa shape index (κ1) is 13.8. The van der Waals surface area contributed by atoms with Crippen LogP contribution in [0.25, 0.3) is 11.3 Å². The zero-order valence-corrected chi connectivity index (χ0v) is 12.9. The third-order valence-corrected chi connectivity index (χ3v) is 4.34. The Morgan fingerprint density at radius 2 is 2.13 bits per heavy atom. The molecule has 0 saturated carbocycles. The zero-order chi connectivity index (χ0) is 15.6. The number of aromatic nitrogens is 3. The van der Waals surface area contributed by atoms with Crippen LogP contribution in [0.3, 0.4) is 0 Å². The number of carbonyl (C=O) groups excluding carboxylic acids is 1. The molecule has 1 aromatic carbocycles. The number of amides is 2. The number of benzene rings is 1. The zero-order valence-electron chi connectivity index (χ0n) is 12.1. The fourth-order valence-electron chi connectivity index (χ4n) is 2.44. The Morgan fingerprint density at radius 3 is 2.83 bits per heavy atom. The van der Waals surface area contributed by atoms with Gasteiger partial charge in [0.2, 0.25) is 0 Å². The average molecular weight is 326 g/mol. The van der Waals surface area contributed by atoms with E-state index in [1.54, 1.807) is 17.3 Å². The molecule has 2 aromatic heterocycles. The molecule has 0 spiro atoms. The van der Waals surface area contributed by atoms with Crippen molar-refractivity contribution in [2.45, 2.75) is 0 Å². The van der Waals surface area contributed by atoms with Crippen LogP contribution in [0.2, 0.25) is 0 Å². The number of nitrogens with zero attached hydrogens (tertiary/aromatic N) is 3. The van der Waals surface area contributed by atoms with Crippen molar-refractivity contribution in [3.8, 4) is 11.3 Å². The molecule has 3 aromatic rings. The Labute approximate surface area is 136 Å². The van der Waals surface area contributed by atoms with E-state index in [4.69, 9.17) is 0 Å². The summed E-state index contributed by atoms with van der Waals surface area (Å²) in [4.78, 5) is 18.0. The Hall–Kier alpha value is -2.87. The molecule has 1 aliphatic rings. The fourth-order valence-corrected chi connectivity index (χ4v) is 3.18. The van der Waals surface area contributed by atoms with Gasteiger partial charge in [-0.15, -0.1) is 11.3 Å². The van der Waals surface area contributed by atoms with Gasteiger partial charge >= 0.3 is 6.03 Å². The number of hydrogen-bond donors (Lipinski definition) is 3. The molecule has 0 aliphatic carbocycles. The first-order valence-corrected chi connectivity index (χ1v) is 8.05. The second kappa shape index (κ2) is 5.73. The second-order valence-corrected chi connectivity index (χ2v) is 5.94. The maximum absolute atomic E-state index is 11.7. The Morgan fingerprint density at radius 1 is 1.26 bits per heavy atom. The number of thiazole rings is 1. The first-order chi connectivity index (χ1) is 11.3. The molecule has 3 heterocycles. The highest BCUT2D eigenvalue weighted by atomic mass is 32.1. The summed E-state index contributed by atoms with van der Waals surface area (Å²) < 4.78 is 0. The maximum atomic E-state index is 11.7. The summed E-state index contributed by atoms with van der Waals surface area (Å²) in [5.74, 6) is 0. The topological polar surface area (TPSA) is 85.9 Å². The quantitative estimate of drug-likeness (QED) is 0.688. The molecule has 4 rings (SSSR count). The van der Waals surface area contributed by atoms with E-state index in [0.29, 0.717) is 13.1 Å². The summed E-state index contributed by atoms with van der Waals surface area (Å²) in [5.41, 5.74) is 3.69. The van der Waals surface area contributed by atoms with Crippen molar-refractivity contribution in [1.29, 1.82) is 0 Å². The highest BCUT2D eigenvalue weighted by Gasteiger charge is 2.20. The molecule has 0 unspecified atom stereocenters. The van der Waals surface area contributed by atoms with Crippen LogP contribution in [0.1, 0.15) is 0 Å². The highest BCUT2D eigenvalue weighted by molar-refractivity contribution is 7.14. The summed E-state index contributed by atoms with van der Waals surface area (Å²) in [7, 11) is 0. The first-order valence-electron chi connectivity index (χ1n) is 7.17. The number of H-pyrrole nitrogens is 1. The van der Waals surface area contributed by atoms with Crippen LogP contribution >= 0.6 is 11.3 Å². The lowest BCUT2D eigenvalue weighted by molar-refractivity contribution is 0.252. The van der Waals surface area contributed by atoms with E-state index in [0.717, 1.165) is 27.8 Å². The summed E-state index contributed by atoms with van der Waals surface area (Å²) in [6, 6.07) is 7.82. The molecule has 2 amide bonds. The van der Waals surface area contributed by atoms with E-state index < -0.39 is 0 Å². The van der Waals surface area contributed by atoms with Gasteiger partial charge in [0, 0.05) is 35.9 Å². The highest BCUT2D eigenvalue weighted by Crippen LogP contribution is 2.28. The molecule has 1 fully saturated rings. The van der Waals surface area contributed by atoms with Crippen LogP contribution in [0, 0.1) is 0 Å². The summed E-state index contributed by atoms with van der Waals surface area (Å²) in [6.45, 7) is 1.39. The number of nitrogens with one attached hydrogen (secondary N) is 3. The van der Waals surface area contributed by atoms with E-state index in [-0.39, 0.29) is 6.03 Å². The molecule has 116 valence electrons. The van der Waals surface area contributed by atoms with E-state index in [1.807, 2.05) is 29.6 Å². The van der Waals surface area contributed by atoms with Gasteiger partial charge in [-0.3, -0.25) is 10.00 Å². The van der Waals surface area contributed by atoms with Gasteiger partial charge < -0.3 is 10.6 Å². The number of carbonyl (C=O) groups is 1. The summed E-state index contributed by atoms with van der Waals surface area (Å²) in [5, 5.41) is 15.4. The molecule has 0 radical (unpaired) electrons. The van der Waals surface area contributed by atoms with Crippen molar-refractivity contribution < 1.29 is 4.79 Å². The van der Waals surface area contributed by atoms with Gasteiger partial charge in [0.15, 0.2) is 5.13 Å². The summed E-state index contributed by atoms with van der Waals surface area (Å²) >= 11 is 1.53.